The summed E-state index contributed by atoms with van der Waals surface area (Å²) in [6.07, 6.45) is -3.78. The number of sulfonamides is 1. The maximum Gasteiger partial charge on any atom is 0.416 e. The van der Waals surface area contributed by atoms with E-state index in [1.807, 2.05) is 6.92 Å². The van der Waals surface area contributed by atoms with Crippen LogP contribution < -0.4 is 4.72 Å². The number of amides is 1. The first-order valence-corrected chi connectivity index (χ1v) is 8.52. The Morgan fingerprint density at radius 2 is 2.09 bits per heavy atom. The molecule has 1 atom stereocenters. The summed E-state index contributed by atoms with van der Waals surface area (Å²) in [5.74, 6) is -0.0241. The highest BCUT2D eigenvalue weighted by molar-refractivity contribution is 7.89. The van der Waals surface area contributed by atoms with Gasteiger partial charge in [0.1, 0.15) is 0 Å². The highest BCUT2D eigenvalue weighted by atomic mass is 32.2. The molecule has 1 unspecified atom stereocenters. The van der Waals surface area contributed by atoms with Gasteiger partial charge >= 0.3 is 6.18 Å². The summed E-state index contributed by atoms with van der Waals surface area (Å²) in [7, 11) is -4.18. The van der Waals surface area contributed by atoms with Crippen molar-refractivity contribution in [2.24, 2.45) is 5.92 Å². The van der Waals surface area contributed by atoms with Gasteiger partial charge in [-0.15, -0.1) is 0 Å². The van der Waals surface area contributed by atoms with Crippen LogP contribution in [0.5, 0.6) is 0 Å². The molecule has 0 radical (unpaired) electrons. The van der Waals surface area contributed by atoms with E-state index in [2.05, 4.69) is 4.72 Å². The Bertz CT molecular complexity index is 689. The van der Waals surface area contributed by atoms with E-state index < -0.39 is 33.2 Å². The number of hydrogen-bond donors (Lipinski definition) is 1. The lowest BCUT2D eigenvalue weighted by Gasteiger charge is -2.16. The smallest absolute Gasteiger partial charge is 0.341 e. The fourth-order valence-corrected chi connectivity index (χ4v) is 3.37. The lowest BCUT2D eigenvalue weighted by molar-refractivity contribution is -0.137. The van der Waals surface area contributed by atoms with E-state index in [0.717, 1.165) is 24.6 Å². The predicted molar refractivity (Wildman–Crippen MR) is 77.0 cm³/mol. The Labute approximate surface area is 132 Å². The van der Waals surface area contributed by atoms with E-state index in [1.54, 1.807) is 4.90 Å². The van der Waals surface area contributed by atoms with Gasteiger partial charge < -0.3 is 4.90 Å². The van der Waals surface area contributed by atoms with E-state index in [9.17, 15) is 26.4 Å². The maximum absolute atomic E-state index is 12.6. The summed E-state index contributed by atoms with van der Waals surface area (Å²) in [5.41, 5.74) is -1.06. The second-order valence-corrected chi connectivity index (χ2v) is 7.35. The molecule has 0 bridgehead atoms. The van der Waals surface area contributed by atoms with Crippen LogP contribution in [0.4, 0.5) is 13.2 Å². The zero-order valence-electron chi connectivity index (χ0n) is 12.4. The van der Waals surface area contributed by atoms with Crippen molar-refractivity contribution in [3.05, 3.63) is 29.8 Å². The van der Waals surface area contributed by atoms with Crippen LogP contribution in [0.15, 0.2) is 29.2 Å². The molecule has 1 saturated heterocycles. The fraction of sp³-hybridized carbons (Fsp3) is 0.500. The minimum Gasteiger partial charge on any atom is -0.341 e. The molecule has 1 aliphatic rings. The van der Waals surface area contributed by atoms with Crippen molar-refractivity contribution in [3.63, 3.8) is 0 Å². The van der Waals surface area contributed by atoms with Gasteiger partial charge in [0, 0.05) is 13.1 Å². The van der Waals surface area contributed by atoms with E-state index in [1.165, 1.54) is 0 Å². The van der Waals surface area contributed by atoms with Crippen molar-refractivity contribution in [2.45, 2.75) is 24.4 Å². The lowest BCUT2D eigenvalue weighted by atomic mass is 10.2. The molecule has 9 heteroatoms. The third kappa shape index (κ3) is 4.44. The molecule has 1 heterocycles. The molecular weight excluding hydrogens is 333 g/mol. The summed E-state index contributed by atoms with van der Waals surface area (Å²) in [4.78, 5) is 12.9. The zero-order chi connectivity index (χ0) is 17.3. The van der Waals surface area contributed by atoms with Crippen LogP contribution in [0.1, 0.15) is 18.9 Å². The number of carbonyl (C=O) groups excluding carboxylic acids is 1. The molecule has 2 rings (SSSR count). The lowest BCUT2D eigenvalue weighted by Crippen LogP contribution is -2.39. The Morgan fingerprint density at radius 1 is 1.39 bits per heavy atom. The van der Waals surface area contributed by atoms with Gasteiger partial charge in [0.15, 0.2) is 0 Å². The van der Waals surface area contributed by atoms with Crippen molar-refractivity contribution in [2.75, 3.05) is 19.6 Å². The van der Waals surface area contributed by atoms with Crippen molar-refractivity contribution in [3.8, 4) is 0 Å². The Morgan fingerprint density at radius 3 is 2.65 bits per heavy atom. The molecule has 23 heavy (non-hydrogen) atoms. The quantitative estimate of drug-likeness (QED) is 0.901. The summed E-state index contributed by atoms with van der Waals surface area (Å²) in [5, 5.41) is 0. The maximum atomic E-state index is 12.6. The van der Waals surface area contributed by atoms with Gasteiger partial charge in [-0.2, -0.15) is 13.2 Å². The molecule has 1 aliphatic heterocycles. The van der Waals surface area contributed by atoms with Crippen molar-refractivity contribution >= 4 is 15.9 Å². The molecule has 0 spiro atoms. The Kier molecular flexibility index (Phi) is 5.00. The van der Waals surface area contributed by atoms with Crippen LogP contribution in [-0.4, -0.2) is 38.9 Å². The summed E-state index contributed by atoms with van der Waals surface area (Å²) < 4.78 is 64.1. The van der Waals surface area contributed by atoms with Gasteiger partial charge in [0.05, 0.1) is 17.0 Å². The molecule has 1 aromatic carbocycles. The van der Waals surface area contributed by atoms with Gasteiger partial charge in [-0.05, 0) is 30.5 Å². The number of likely N-dealkylation sites (tertiary alicyclic amines) is 1. The van der Waals surface area contributed by atoms with Crippen LogP contribution in [0.25, 0.3) is 0 Å². The molecule has 5 nitrogen and oxygen atoms in total. The largest absolute Gasteiger partial charge is 0.416 e. The number of alkyl halides is 3. The van der Waals surface area contributed by atoms with Gasteiger partial charge in [-0.3, -0.25) is 4.79 Å². The van der Waals surface area contributed by atoms with Crippen LogP contribution in [0.3, 0.4) is 0 Å². The van der Waals surface area contributed by atoms with Gasteiger partial charge in [0.25, 0.3) is 0 Å². The van der Waals surface area contributed by atoms with Gasteiger partial charge in [-0.25, -0.2) is 13.1 Å². The van der Waals surface area contributed by atoms with Crippen molar-refractivity contribution < 1.29 is 26.4 Å². The SMILES string of the molecule is CC1CCN(C(=O)CNS(=O)(=O)c2cccc(C(F)(F)F)c2)C1. The van der Waals surface area contributed by atoms with Crippen LogP contribution in [-0.2, 0) is 21.0 Å². The van der Waals surface area contributed by atoms with Crippen LogP contribution in [0, 0.1) is 5.92 Å². The number of carbonyl (C=O) groups is 1. The first-order valence-electron chi connectivity index (χ1n) is 7.04. The monoisotopic (exact) mass is 350 g/mol. The van der Waals surface area contributed by atoms with E-state index in [4.69, 9.17) is 0 Å². The molecule has 1 amide bonds. The topological polar surface area (TPSA) is 66.5 Å². The van der Waals surface area contributed by atoms with E-state index >= 15 is 0 Å². The number of halogens is 3. The predicted octanol–water partition coefficient (Wildman–Crippen LogP) is 1.85. The van der Waals surface area contributed by atoms with E-state index in [-0.39, 0.29) is 5.91 Å². The first kappa shape index (κ1) is 17.7. The summed E-state index contributed by atoms with van der Waals surface area (Å²) >= 11 is 0. The normalized spacial score (nSPS) is 19.1. The Balaban J connectivity index is 2.06. The Hall–Kier alpha value is -1.61. The molecule has 0 aliphatic carbocycles. The standard InChI is InChI=1S/C14H17F3N2O3S/c1-10-5-6-19(9-10)13(20)8-18-23(21,22)12-4-2-3-11(7-12)14(15,16)17/h2-4,7,10,18H,5-6,8-9H2,1H3. The van der Waals surface area contributed by atoms with Gasteiger partial charge in [0.2, 0.25) is 15.9 Å². The average Bonchev–Trinajstić information content (AvgIpc) is 2.91. The number of nitrogens with one attached hydrogen (secondary N) is 1. The molecule has 128 valence electrons. The number of benzene rings is 1. The second-order valence-electron chi connectivity index (χ2n) is 5.58. The van der Waals surface area contributed by atoms with Crippen molar-refractivity contribution in [1.82, 2.24) is 9.62 Å². The third-order valence-electron chi connectivity index (χ3n) is 3.66. The highest BCUT2D eigenvalue weighted by Gasteiger charge is 2.32. The highest BCUT2D eigenvalue weighted by Crippen LogP contribution is 2.30. The molecule has 1 aromatic rings. The summed E-state index contributed by atoms with van der Waals surface area (Å²) in [6.45, 7) is 2.64. The molecule has 0 aromatic heterocycles. The van der Waals surface area contributed by atoms with Crippen molar-refractivity contribution in [1.29, 1.82) is 0 Å². The minimum absolute atomic E-state index is 0.360. The molecular formula is C14H17F3N2O3S. The molecule has 1 N–H and O–H groups in total. The summed E-state index contributed by atoms with van der Waals surface area (Å²) in [6, 6.07) is 3.40. The number of rotatable bonds is 4. The second kappa shape index (κ2) is 6.48. The minimum atomic E-state index is -4.63. The van der Waals surface area contributed by atoms with Crippen LogP contribution in [0.2, 0.25) is 0 Å². The van der Waals surface area contributed by atoms with Crippen LogP contribution >= 0.6 is 0 Å². The number of hydrogen-bond acceptors (Lipinski definition) is 3. The third-order valence-corrected chi connectivity index (χ3v) is 5.06. The number of nitrogens with zero attached hydrogens (tertiary/aromatic N) is 1. The van der Waals surface area contributed by atoms with E-state index in [0.29, 0.717) is 25.1 Å². The molecule has 1 fully saturated rings. The average molecular weight is 350 g/mol. The van der Waals surface area contributed by atoms with Gasteiger partial charge in [-0.1, -0.05) is 13.0 Å². The molecule has 0 saturated carbocycles. The fourth-order valence-electron chi connectivity index (χ4n) is 2.35. The first-order chi connectivity index (χ1) is 10.6. The zero-order valence-corrected chi connectivity index (χ0v) is 13.2.